The van der Waals surface area contributed by atoms with Crippen LogP contribution in [0.2, 0.25) is 10.0 Å². The normalized spacial score (nSPS) is 19.2. The number of likely N-dealkylation sites (tertiary alicyclic amines) is 1. The zero-order valence-corrected chi connectivity index (χ0v) is 18.8. The Morgan fingerprint density at radius 2 is 1.70 bits per heavy atom. The van der Waals surface area contributed by atoms with Crippen molar-refractivity contribution in [1.82, 2.24) is 15.5 Å². The molecule has 2 N–H and O–H groups in total. The first-order valence-corrected chi connectivity index (χ1v) is 11.5. The maximum atomic E-state index is 12.8. The van der Waals surface area contributed by atoms with E-state index in [1.807, 2.05) is 0 Å². The number of amides is 3. The van der Waals surface area contributed by atoms with Crippen molar-refractivity contribution in [3.05, 3.63) is 33.8 Å². The molecule has 1 heterocycles. The Morgan fingerprint density at radius 1 is 1.03 bits per heavy atom. The minimum absolute atomic E-state index is 0.110. The SMILES string of the molecule is CC(NC(=O)c1cccc(Cl)c1Cl)C(=O)N1CCC(NC(=O)C2CCCCC2)CC1. The predicted molar refractivity (Wildman–Crippen MR) is 118 cm³/mol. The lowest BCUT2D eigenvalue weighted by Crippen LogP contribution is -2.52. The minimum atomic E-state index is -0.680. The number of piperidine rings is 1. The molecule has 6 nitrogen and oxygen atoms in total. The quantitative estimate of drug-likeness (QED) is 0.711. The minimum Gasteiger partial charge on any atom is -0.353 e. The zero-order valence-electron chi connectivity index (χ0n) is 17.3. The Kier molecular flexibility index (Phi) is 8.00. The number of nitrogens with one attached hydrogen (secondary N) is 2. The van der Waals surface area contributed by atoms with Gasteiger partial charge in [-0.3, -0.25) is 14.4 Å². The molecule has 1 aromatic carbocycles. The van der Waals surface area contributed by atoms with Crippen LogP contribution in [0.3, 0.4) is 0 Å². The third-order valence-corrected chi connectivity index (χ3v) is 6.86. The van der Waals surface area contributed by atoms with Crippen LogP contribution in [0.5, 0.6) is 0 Å². The highest BCUT2D eigenvalue weighted by molar-refractivity contribution is 6.43. The van der Waals surface area contributed by atoms with E-state index < -0.39 is 11.9 Å². The van der Waals surface area contributed by atoms with E-state index in [1.54, 1.807) is 30.0 Å². The average molecular weight is 454 g/mol. The zero-order chi connectivity index (χ0) is 21.7. The van der Waals surface area contributed by atoms with Crippen molar-refractivity contribution in [2.75, 3.05) is 13.1 Å². The molecule has 164 valence electrons. The lowest BCUT2D eigenvalue weighted by molar-refractivity contribution is -0.134. The summed E-state index contributed by atoms with van der Waals surface area (Å²) in [6, 6.07) is 4.25. The molecular formula is C22H29Cl2N3O3. The van der Waals surface area contributed by atoms with Crippen LogP contribution in [0.4, 0.5) is 0 Å². The van der Waals surface area contributed by atoms with Crippen LogP contribution >= 0.6 is 23.2 Å². The number of hydrogen-bond donors (Lipinski definition) is 2. The van der Waals surface area contributed by atoms with E-state index in [0.717, 1.165) is 38.5 Å². The molecule has 8 heteroatoms. The number of halogens is 2. The van der Waals surface area contributed by atoms with Gasteiger partial charge in [0.25, 0.3) is 5.91 Å². The van der Waals surface area contributed by atoms with Crippen LogP contribution < -0.4 is 10.6 Å². The van der Waals surface area contributed by atoms with E-state index in [2.05, 4.69) is 10.6 Å². The van der Waals surface area contributed by atoms with Crippen molar-refractivity contribution >= 4 is 40.9 Å². The van der Waals surface area contributed by atoms with Crippen LogP contribution in [-0.2, 0) is 9.59 Å². The molecule has 1 aliphatic heterocycles. The second kappa shape index (κ2) is 10.5. The molecular weight excluding hydrogens is 425 g/mol. The highest BCUT2D eigenvalue weighted by Crippen LogP contribution is 2.26. The predicted octanol–water partition coefficient (Wildman–Crippen LogP) is 3.80. The first kappa shape index (κ1) is 22.9. The topological polar surface area (TPSA) is 78.5 Å². The lowest BCUT2D eigenvalue weighted by atomic mass is 9.88. The third-order valence-electron chi connectivity index (χ3n) is 6.04. The van der Waals surface area contributed by atoms with Gasteiger partial charge in [-0.25, -0.2) is 0 Å². The summed E-state index contributed by atoms with van der Waals surface area (Å²) in [5.41, 5.74) is 0.243. The number of carbonyl (C=O) groups is 3. The second-order valence-electron chi connectivity index (χ2n) is 8.24. The molecule has 3 rings (SSSR count). The van der Waals surface area contributed by atoms with Gasteiger partial charge in [0.05, 0.1) is 15.6 Å². The summed E-state index contributed by atoms with van der Waals surface area (Å²) in [6.45, 7) is 2.79. The number of hydrogen-bond acceptors (Lipinski definition) is 3. The Hall–Kier alpha value is -1.79. The molecule has 0 spiro atoms. The summed E-state index contributed by atoms with van der Waals surface area (Å²) in [6.07, 6.45) is 6.91. The van der Waals surface area contributed by atoms with Crippen molar-refractivity contribution in [2.24, 2.45) is 5.92 Å². The maximum Gasteiger partial charge on any atom is 0.253 e. The van der Waals surface area contributed by atoms with Gasteiger partial charge in [0.1, 0.15) is 6.04 Å². The number of carbonyl (C=O) groups excluding carboxylic acids is 3. The summed E-state index contributed by atoms with van der Waals surface area (Å²) in [7, 11) is 0. The maximum absolute atomic E-state index is 12.8. The smallest absolute Gasteiger partial charge is 0.253 e. The highest BCUT2D eigenvalue weighted by atomic mass is 35.5. The fourth-order valence-electron chi connectivity index (χ4n) is 4.22. The van der Waals surface area contributed by atoms with Gasteiger partial charge in [0.15, 0.2) is 0 Å². The van der Waals surface area contributed by atoms with Gasteiger partial charge in [-0.05, 0) is 44.7 Å². The summed E-state index contributed by atoms with van der Waals surface area (Å²) in [5, 5.41) is 6.34. The summed E-state index contributed by atoms with van der Waals surface area (Å²) < 4.78 is 0. The Morgan fingerprint density at radius 3 is 2.37 bits per heavy atom. The highest BCUT2D eigenvalue weighted by Gasteiger charge is 2.29. The molecule has 1 atom stereocenters. The van der Waals surface area contributed by atoms with Crippen molar-refractivity contribution in [2.45, 2.75) is 64.0 Å². The van der Waals surface area contributed by atoms with Crippen molar-refractivity contribution in [1.29, 1.82) is 0 Å². The number of rotatable bonds is 5. The molecule has 30 heavy (non-hydrogen) atoms. The largest absolute Gasteiger partial charge is 0.353 e. The fourth-order valence-corrected chi connectivity index (χ4v) is 4.60. The summed E-state index contributed by atoms with van der Waals surface area (Å²) in [5.74, 6) is -0.262. The molecule has 1 saturated heterocycles. The third kappa shape index (κ3) is 5.67. The molecule has 1 unspecified atom stereocenters. The van der Waals surface area contributed by atoms with Crippen molar-refractivity contribution in [3.63, 3.8) is 0 Å². The van der Waals surface area contributed by atoms with E-state index in [1.165, 1.54) is 6.42 Å². The van der Waals surface area contributed by atoms with Gasteiger partial charge < -0.3 is 15.5 Å². The Labute approximate surface area is 187 Å². The van der Waals surface area contributed by atoms with Crippen LogP contribution in [-0.4, -0.2) is 47.8 Å². The van der Waals surface area contributed by atoms with Gasteiger partial charge in [0, 0.05) is 25.0 Å². The lowest BCUT2D eigenvalue weighted by Gasteiger charge is -2.35. The van der Waals surface area contributed by atoms with Gasteiger partial charge in [0.2, 0.25) is 11.8 Å². The Balaban J connectivity index is 1.46. The summed E-state index contributed by atoms with van der Waals surface area (Å²) >= 11 is 12.1. The first-order valence-electron chi connectivity index (χ1n) is 10.7. The molecule has 0 radical (unpaired) electrons. The fraction of sp³-hybridized carbons (Fsp3) is 0.591. The molecule has 3 amide bonds. The molecule has 0 bridgehead atoms. The van der Waals surface area contributed by atoms with Crippen LogP contribution in [0, 0.1) is 5.92 Å². The van der Waals surface area contributed by atoms with E-state index in [4.69, 9.17) is 23.2 Å². The first-order chi connectivity index (χ1) is 14.4. The van der Waals surface area contributed by atoms with Gasteiger partial charge >= 0.3 is 0 Å². The van der Waals surface area contributed by atoms with Crippen LogP contribution in [0.25, 0.3) is 0 Å². The number of nitrogens with zero attached hydrogens (tertiary/aromatic N) is 1. The Bertz CT molecular complexity index is 788. The molecule has 1 aliphatic carbocycles. The van der Waals surface area contributed by atoms with E-state index in [-0.39, 0.29) is 34.4 Å². The van der Waals surface area contributed by atoms with Gasteiger partial charge in [-0.1, -0.05) is 48.5 Å². The van der Waals surface area contributed by atoms with Crippen molar-refractivity contribution < 1.29 is 14.4 Å². The van der Waals surface area contributed by atoms with Gasteiger partial charge in [-0.15, -0.1) is 0 Å². The molecule has 1 saturated carbocycles. The van der Waals surface area contributed by atoms with Crippen molar-refractivity contribution in [3.8, 4) is 0 Å². The van der Waals surface area contributed by atoms with E-state index >= 15 is 0 Å². The average Bonchev–Trinajstić information content (AvgIpc) is 2.76. The monoisotopic (exact) mass is 453 g/mol. The molecule has 2 fully saturated rings. The number of benzene rings is 1. The van der Waals surface area contributed by atoms with E-state index in [0.29, 0.717) is 18.1 Å². The molecule has 1 aromatic rings. The van der Waals surface area contributed by atoms with Gasteiger partial charge in [-0.2, -0.15) is 0 Å². The summed E-state index contributed by atoms with van der Waals surface area (Å²) in [4.78, 5) is 39.4. The van der Waals surface area contributed by atoms with Crippen LogP contribution in [0.15, 0.2) is 18.2 Å². The molecule has 0 aromatic heterocycles. The standard InChI is InChI=1S/C22H29Cl2N3O3/c1-14(25-21(29)17-8-5-9-18(23)19(17)24)22(30)27-12-10-16(11-13-27)26-20(28)15-6-3-2-4-7-15/h5,8-9,14-16H,2-4,6-7,10-13H2,1H3,(H,25,29)(H,26,28). The van der Waals surface area contributed by atoms with Crippen LogP contribution in [0.1, 0.15) is 62.2 Å². The second-order valence-corrected chi connectivity index (χ2v) is 9.02. The van der Waals surface area contributed by atoms with E-state index in [9.17, 15) is 14.4 Å². The molecule has 2 aliphatic rings.